The molecule has 11 heavy (non-hydrogen) atoms. The van der Waals surface area contributed by atoms with E-state index in [9.17, 15) is 4.79 Å². The summed E-state index contributed by atoms with van der Waals surface area (Å²) in [5.74, 6) is 2.75. The predicted octanol–water partition coefficient (Wildman–Crippen LogP) is 2.07. The summed E-state index contributed by atoms with van der Waals surface area (Å²) < 4.78 is 0. The van der Waals surface area contributed by atoms with Gasteiger partial charge in [0.05, 0.1) is 5.25 Å². The zero-order valence-corrected chi connectivity index (χ0v) is 7.73. The number of hydrogen-bond acceptors (Lipinski definition) is 2. The molecular weight excluding hydrogens is 156 g/mol. The highest BCUT2D eigenvalue weighted by molar-refractivity contribution is 7.81. The average molecular weight is 170 g/mol. The minimum atomic E-state index is -0.124. The molecule has 0 aliphatic heterocycles. The standard InChI is InChI=1S/C9H14OS/c1-3-4-5-6-7-9(10)8(2)11/h1,8,11H,4-7H2,2H3/t8-/m0/s1. The number of Topliss-reactive ketones (excluding diaryl/α,β-unsaturated/α-hetero) is 1. The predicted molar refractivity (Wildman–Crippen MR) is 50.8 cm³/mol. The van der Waals surface area contributed by atoms with Gasteiger partial charge in [-0.1, -0.05) is 0 Å². The van der Waals surface area contributed by atoms with Gasteiger partial charge in [0.15, 0.2) is 0 Å². The maximum atomic E-state index is 11.0. The number of carbonyl (C=O) groups is 1. The van der Waals surface area contributed by atoms with Gasteiger partial charge < -0.3 is 0 Å². The monoisotopic (exact) mass is 170 g/mol. The van der Waals surface area contributed by atoms with Crippen molar-refractivity contribution in [2.45, 2.75) is 37.9 Å². The summed E-state index contributed by atoms with van der Waals surface area (Å²) in [6, 6.07) is 0. The highest BCUT2D eigenvalue weighted by Gasteiger charge is 2.05. The first-order valence-corrected chi connectivity index (χ1v) is 4.34. The van der Waals surface area contributed by atoms with Crippen molar-refractivity contribution in [1.82, 2.24) is 0 Å². The maximum absolute atomic E-state index is 11.0. The number of ketones is 1. The Kier molecular flexibility index (Phi) is 6.06. The Labute approximate surface area is 74.0 Å². The van der Waals surface area contributed by atoms with Gasteiger partial charge in [0.25, 0.3) is 0 Å². The van der Waals surface area contributed by atoms with Crippen LogP contribution in [-0.4, -0.2) is 11.0 Å². The van der Waals surface area contributed by atoms with E-state index in [1.165, 1.54) is 0 Å². The highest BCUT2D eigenvalue weighted by atomic mass is 32.1. The molecule has 0 spiro atoms. The first-order chi connectivity index (χ1) is 5.18. The lowest BCUT2D eigenvalue weighted by atomic mass is 10.1. The summed E-state index contributed by atoms with van der Waals surface area (Å²) in [6.45, 7) is 1.80. The van der Waals surface area contributed by atoms with Crippen molar-refractivity contribution < 1.29 is 4.79 Å². The molecule has 0 aromatic heterocycles. The lowest BCUT2D eigenvalue weighted by Gasteiger charge is -2.00. The number of unbranched alkanes of at least 4 members (excludes halogenated alkanes) is 2. The molecule has 0 saturated heterocycles. The summed E-state index contributed by atoms with van der Waals surface area (Å²) in [5.41, 5.74) is 0. The number of rotatable bonds is 5. The van der Waals surface area contributed by atoms with E-state index in [4.69, 9.17) is 6.42 Å². The van der Waals surface area contributed by atoms with E-state index >= 15 is 0 Å². The van der Waals surface area contributed by atoms with Crippen molar-refractivity contribution >= 4 is 18.4 Å². The largest absolute Gasteiger partial charge is 0.298 e. The van der Waals surface area contributed by atoms with Gasteiger partial charge in [-0.15, -0.1) is 12.3 Å². The Morgan fingerprint density at radius 3 is 2.73 bits per heavy atom. The molecule has 0 aromatic carbocycles. The molecule has 1 nitrogen and oxygen atoms in total. The second-order valence-corrected chi connectivity index (χ2v) is 3.33. The second kappa shape index (κ2) is 6.30. The van der Waals surface area contributed by atoms with Crippen LogP contribution in [0.5, 0.6) is 0 Å². The first kappa shape index (κ1) is 10.6. The molecule has 0 N–H and O–H groups in total. The molecule has 0 bridgehead atoms. The molecule has 0 unspecified atom stereocenters. The second-order valence-electron chi connectivity index (χ2n) is 2.55. The Morgan fingerprint density at radius 2 is 2.27 bits per heavy atom. The number of thiol groups is 1. The SMILES string of the molecule is C#CCCCCC(=O)[C@H](C)S. The summed E-state index contributed by atoms with van der Waals surface area (Å²) in [4.78, 5) is 11.0. The van der Waals surface area contributed by atoms with Gasteiger partial charge in [-0.3, -0.25) is 4.79 Å². The smallest absolute Gasteiger partial charge is 0.145 e. The fraction of sp³-hybridized carbons (Fsp3) is 0.667. The van der Waals surface area contributed by atoms with Crippen LogP contribution >= 0.6 is 12.6 Å². The molecule has 0 fully saturated rings. The van der Waals surface area contributed by atoms with E-state index < -0.39 is 0 Å². The van der Waals surface area contributed by atoms with E-state index in [1.54, 1.807) is 6.92 Å². The molecule has 0 aromatic rings. The number of terminal acetylenes is 1. The van der Waals surface area contributed by atoms with Gasteiger partial charge >= 0.3 is 0 Å². The highest BCUT2D eigenvalue weighted by Crippen LogP contribution is 2.04. The van der Waals surface area contributed by atoms with Crippen molar-refractivity contribution in [1.29, 1.82) is 0 Å². The van der Waals surface area contributed by atoms with E-state index in [0.717, 1.165) is 19.3 Å². The van der Waals surface area contributed by atoms with Crippen LogP contribution in [0.2, 0.25) is 0 Å². The van der Waals surface area contributed by atoms with Crippen molar-refractivity contribution in [3.8, 4) is 12.3 Å². The fourth-order valence-corrected chi connectivity index (χ4v) is 0.864. The van der Waals surface area contributed by atoms with E-state index in [0.29, 0.717) is 6.42 Å². The van der Waals surface area contributed by atoms with Crippen LogP contribution in [-0.2, 0) is 4.79 Å². The van der Waals surface area contributed by atoms with Crippen LogP contribution in [0.1, 0.15) is 32.6 Å². The Morgan fingerprint density at radius 1 is 1.64 bits per heavy atom. The fourth-order valence-electron chi connectivity index (χ4n) is 0.735. The Balaban J connectivity index is 3.26. The van der Waals surface area contributed by atoms with Crippen LogP contribution in [0.4, 0.5) is 0 Å². The van der Waals surface area contributed by atoms with Gasteiger partial charge in [-0.05, 0) is 19.8 Å². The van der Waals surface area contributed by atoms with Crippen LogP contribution in [0.3, 0.4) is 0 Å². The molecule has 0 rings (SSSR count). The summed E-state index contributed by atoms with van der Waals surface area (Å²) in [7, 11) is 0. The molecule has 2 heteroatoms. The quantitative estimate of drug-likeness (QED) is 0.380. The van der Waals surface area contributed by atoms with Crippen molar-refractivity contribution in [3.63, 3.8) is 0 Å². The molecule has 0 aliphatic carbocycles. The van der Waals surface area contributed by atoms with Gasteiger partial charge in [0.2, 0.25) is 0 Å². The molecule has 0 aliphatic rings. The lowest BCUT2D eigenvalue weighted by molar-refractivity contribution is -0.118. The van der Waals surface area contributed by atoms with Crippen LogP contribution < -0.4 is 0 Å². The molecular formula is C9H14OS. The van der Waals surface area contributed by atoms with Crippen molar-refractivity contribution in [2.75, 3.05) is 0 Å². The third kappa shape index (κ3) is 6.00. The van der Waals surface area contributed by atoms with Gasteiger partial charge in [-0.25, -0.2) is 0 Å². The first-order valence-electron chi connectivity index (χ1n) is 3.82. The minimum absolute atomic E-state index is 0.124. The molecule has 0 amide bonds. The number of carbonyl (C=O) groups excluding carboxylic acids is 1. The zero-order valence-electron chi connectivity index (χ0n) is 6.84. The van der Waals surface area contributed by atoms with Gasteiger partial charge in [0.1, 0.15) is 5.78 Å². The van der Waals surface area contributed by atoms with Crippen molar-refractivity contribution in [3.05, 3.63) is 0 Å². The van der Waals surface area contributed by atoms with E-state index in [2.05, 4.69) is 18.5 Å². The van der Waals surface area contributed by atoms with Gasteiger partial charge in [0, 0.05) is 12.8 Å². The van der Waals surface area contributed by atoms with E-state index in [-0.39, 0.29) is 11.0 Å². The molecule has 0 heterocycles. The molecule has 1 atom stereocenters. The van der Waals surface area contributed by atoms with Crippen LogP contribution in [0.25, 0.3) is 0 Å². The summed E-state index contributed by atoms with van der Waals surface area (Å²) in [6.07, 6.45) is 8.29. The molecule has 0 radical (unpaired) electrons. The minimum Gasteiger partial charge on any atom is -0.298 e. The third-order valence-electron chi connectivity index (χ3n) is 1.46. The molecule has 62 valence electrons. The average Bonchev–Trinajstić information content (AvgIpc) is 1.97. The summed E-state index contributed by atoms with van der Waals surface area (Å²) >= 11 is 4.03. The topological polar surface area (TPSA) is 17.1 Å². The summed E-state index contributed by atoms with van der Waals surface area (Å²) in [5, 5.41) is -0.124. The van der Waals surface area contributed by atoms with E-state index in [1.807, 2.05) is 0 Å². The zero-order chi connectivity index (χ0) is 8.69. The van der Waals surface area contributed by atoms with Crippen molar-refractivity contribution in [2.24, 2.45) is 0 Å². The normalized spacial score (nSPS) is 12.1. The lowest BCUT2D eigenvalue weighted by Crippen LogP contribution is -2.09. The van der Waals surface area contributed by atoms with Crippen LogP contribution in [0, 0.1) is 12.3 Å². The van der Waals surface area contributed by atoms with Gasteiger partial charge in [-0.2, -0.15) is 12.6 Å². The van der Waals surface area contributed by atoms with Crippen LogP contribution in [0.15, 0.2) is 0 Å². The third-order valence-corrected chi connectivity index (χ3v) is 1.75. The number of hydrogen-bond donors (Lipinski definition) is 1. The Hall–Kier alpha value is -0.420. The Bertz CT molecular complexity index is 155. The molecule has 0 saturated carbocycles. The maximum Gasteiger partial charge on any atom is 0.145 e.